The van der Waals surface area contributed by atoms with Gasteiger partial charge in [-0.15, -0.1) is 13.2 Å². The van der Waals surface area contributed by atoms with Crippen LogP contribution in [0.25, 0.3) is 11.1 Å². The molecule has 0 amide bonds. The van der Waals surface area contributed by atoms with Crippen molar-refractivity contribution >= 4 is 6.29 Å². The lowest BCUT2D eigenvalue weighted by molar-refractivity contribution is -0.274. The third-order valence-corrected chi connectivity index (χ3v) is 3.78. The van der Waals surface area contributed by atoms with E-state index in [4.69, 9.17) is 4.74 Å². The second-order valence-electron chi connectivity index (χ2n) is 5.72. The molecule has 3 aromatic carbocycles. The van der Waals surface area contributed by atoms with Crippen molar-refractivity contribution in [2.75, 3.05) is 0 Å². The van der Waals surface area contributed by atoms with Crippen LogP contribution in [0.4, 0.5) is 13.2 Å². The molecule has 3 nitrogen and oxygen atoms in total. The van der Waals surface area contributed by atoms with Gasteiger partial charge in [-0.05, 0) is 41.5 Å². The Morgan fingerprint density at radius 2 is 1.59 bits per heavy atom. The van der Waals surface area contributed by atoms with E-state index >= 15 is 0 Å². The molecule has 0 aromatic heterocycles. The number of hydrogen-bond donors (Lipinski definition) is 0. The summed E-state index contributed by atoms with van der Waals surface area (Å²) in [6.07, 6.45) is -4.26. The molecule has 0 bridgehead atoms. The Bertz CT molecular complexity index is 904. The predicted octanol–water partition coefficient (Wildman–Crippen LogP) is 5.64. The van der Waals surface area contributed by atoms with Crippen molar-refractivity contribution in [3.05, 3.63) is 83.9 Å². The van der Waals surface area contributed by atoms with Crippen LogP contribution in [0.2, 0.25) is 0 Å². The lowest BCUT2D eigenvalue weighted by atomic mass is 10.0. The number of benzene rings is 3. The normalized spacial score (nSPS) is 11.1. The Morgan fingerprint density at radius 3 is 2.22 bits per heavy atom. The second-order valence-corrected chi connectivity index (χ2v) is 5.72. The molecular weight excluding hydrogens is 357 g/mol. The van der Waals surface area contributed by atoms with Gasteiger partial charge in [0.2, 0.25) is 0 Å². The zero-order chi connectivity index (χ0) is 19.3. The monoisotopic (exact) mass is 372 g/mol. The van der Waals surface area contributed by atoms with Gasteiger partial charge in [-0.3, -0.25) is 4.79 Å². The highest BCUT2D eigenvalue weighted by Crippen LogP contribution is 2.35. The van der Waals surface area contributed by atoms with E-state index in [1.54, 1.807) is 24.3 Å². The first-order valence-electron chi connectivity index (χ1n) is 8.07. The summed E-state index contributed by atoms with van der Waals surface area (Å²) in [6.45, 7) is 0.378. The van der Waals surface area contributed by atoms with Gasteiger partial charge in [-0.25, -0.2) is 0 Å². The maximum Gasteiger partial charge on any atom is 0.573 e. The van der Waals surface area contributed by atoms with Crippen LogP contribution in [-0.4, -0.2) is 12.6 Å². The van der Waals surface area contributed by atoms with Gasteiger partial charge in [-0.2, -0.15) is 0 Å². The molecule has 3 rings (SSSR count). The summed E-state index contributed by atoms with van der Waals surface area (Å²) >= 11 is 0. The number of hydrogen-bond acceptors (Lipinski definition) is 3. The maximum absolute atomic E-state index is 12.6. The number of carbonyl (C=O) groups excluding carboxylic acids is 1. The van der Waals surface area contributed by atoms with Crippen molar-refractivity contribution in [1.82, 2.24) is 0 Å². The summed E-state index contributed by atoms with van der Waals surface area (Å²) in [5, 5.41) is 0. The summed E-state index contributed by atoms with van der Waals surface area (Å²) in [4.78, 5) is 11.0. The van der Waals surface area contributed by atoms with Crippen molar-refractivity contribution in [2.24, 2.45) is 0 Å². The third-order valence-electron chi connectivity index (χ3n) is 3.78. The topological polar surface area (TPSA) is 35.5 Å². The van der Waals surface area contributed by atoms with Crippen LogP contribution in [-0.2, 0) is 6.61 Å². The minimum absolute atomic E-state index is 0.173. The first-order valence-corrected chi connectivity index (χ1v) is 8.07. The summed E-state index contributed by atoms with van der Waals surface area (Å²) in [5.41, 5.74) is 1.90. The molecule has 0 atom stereocenters. The average molecular weight is 372 g/mol. The van der Waals surface area contributed by atoms with Crippen molar-refractivity contribution < 1.29 is 27.4 Å². The highest BCUT2D eigenvalue weighted by atomic mass is 19.4. The lowest BCUT2D eigenvalue weighted by Gasteiger charge is -2.14. The maximum atomic E-state index is 12.6. The van der Waals surface area contributed by atoms with Crippen LogP contribution in [0.5, 0.6) is 11.5 Å². The van der Waals surface area contributed by atoms with Crippen molar-refractivity contribution in [3.63, 3.8) is 0 Å². The molecule has 0 aliphatic carbocycles. The molecule has 0 spiro atoms. The smallest absolute Gasteiger partial charge is 0.489 e. The highest BCUT2D eigenvalue weighted by Gasteiger charge is 2.32. The number of ether oxygens (including phenoxy) is 2. The fourth-order valence-electron chi connectivity index (χ4n) is 2.53. The number of aldehydes is 1. The molecule has 0 heterocycles. The summed E-state index contributed by atoms with van der Waals surface area (Å²) in [7, 11) is 0. The van der Waals surface area contributed by atoms with Crippen LogP contribution in [0, 0.1) is 0 Å². The summed E-state index contributed by atoms with van der Waals surface area (Å²) < 4.78 is 47.6. The van der Waals surface area contributed by atoms with Gasteiger partial charge < -0.3 is 9.47 Å². The van der Waals surface area contributed by atoms with Gasteiger partial charge in [0.1, 0.15) is 24.4 Å². The van der Waals surface area contributed by atoms with E-state index in [2.05, 4.69) is 4.74 Å². The lowest BCUT2D eigenvalue weighted by Crippen LogP contribution is -2.17. The van der Waals surface area contributed by atoms with E-state index in [1.165, 1.54) is 12.1 Å². The molecule has 0 fully saturated rings. The van der Waals surface area contributed by atoms with Crippen LogP contribution in [0.1, 0.15) is 15.9 Å². The van der Waals surface area contributed by atoms with Crippen LogP contribution < -0.4 is 9.47 Å². The van der Waals surface area contributed by atoms with Gasteiger partial charge in [0.05, 0.1) is 0 Å². The SMILES string of the molecule is O=Cc1ccc(OC(F)(F)F)c(-c2ccc(OCc3ccccc3)cc2)c1. The minimum atomic E-state index is -4.82. The largest absolute Gasteiger partial charge is 0.573 e. The van der Waals surface area contributed by atoms with E-state index in [0.29, 0.717) is 24.2 Å². The second kappa shape index (κ2) is 7.95. The number of alkyl halides is 3. The Morgan fingerprint density at radius 1 is 0.889 bits per heavy atom. The molecule has 0 saturated carbocycles. The molecule has 6 heteroatoms. The van der Waals surface area contributed by atoms with E-state index in [9.17, 15) is 18.0 Å². The average Bonchev–Trinajstić information content (AvgIpc) is 2.67. The molecule has 0 N–H and O–H groups in total. The van der Waals surface area contributed by atoms with E-state index < -0.39 is 6.36 Å². The van der Waals surface area contributed by atoms with Gasteiger partial charge in [0.25, 0.3) is 0 Å². The summed E-state index contributed by atoms with van der Waals surface area (Å²) in [6, 6.07) is 19.9. The number of halogens is 3. The number of carbonyl (C=O) groups is 1. The quantitative estimate of drug-likeness (QED) is 0.525. The van der Waals surface area contributed by atoms with Crippen LogP contribution >= 0.6 is 0 Å². The zero-order valence-corrected chi connectivity index (χ0v) is 14.1. The van der Waals surface area contributed by atoms with Crippen molar-refractivity contribution in [3.8, 4) is 22.6 Å². The van der Waals surface area contributed by atoms with Crippen LogP contribution in [0.3, 0.4) is 0 Å². The van der Waals surface area contributed by atoms with E-state index in [-0.39, 0.29) is 16.9 Å². The first-order chi connectivity index (χ1) is 12.9. The zero-order valence-electron chi connectivity index (χ0n) is 14.1. The molecule has 0 aliphatic heterocycles. The summed E-state index contributed by atoms with van der Waals surface area (Å²) in [5.74, 6) is 0.207. The Hall–Kier alpha value is -3.28. The highest BCUT2D eigenvalue weighted by molar-refractivity contribution is 5.81. The number of rotatable bonds is 6. The molecule has 0 aliphatic rings. The predicted molar refractivity (Wildman–Crippen MR) is 94.7 cm³/mol. The Labute approximate surface area is 154 Å². The van der Waals surface area contributed by atoms with Crippen molar-refractivity contribution in [2.45, 2.75) is 13.0 Å². The molecule has 3 aromatic rings. The molecule has 27 heavy (non-hydrogen) atoms. The first kappa shape index (κ1) is 18.5. The molecule has 138 valence electrons. The fraction of sp³-hybridized carbons (Fsp3) is 0.0952. The molecule has 0 radical (unpaired) electrons. The molecular formula is C21H15F3O3. The molecule has 0 unspecified atom stereocenters. The Balaban J connectivity index is 1.82. The third kappa shape index (κ3) is 5.10. The van der Waals surface area contributed by atoms with E-state index in [1.807, 2.05) is 30.3 Å². The Kier molecular flexibility index (Phi) is 5.45. The van der Waals surface area contributed by atoms with Gasteiger partial charge >= 0.3 is 6.36 Å². The van der Waals surface area contributed by atoms with Gasteiger partial charge in [0, 0.05) is 11.1 Å². The van der Waals surface area contributed by atoms with Gasteiger partial charge in [0.15, 0.2) is 0 Å². The van der Waals surface area contributed by atoms with Crippen molar-refractivity contribution in [1.29, 1.82) is 0 Å². The van der Waals surface area contributed by atoms with Crippen LogP contribution in [0.15, 0.2) is 72.8 Å². The van der Waals surface area contributed by atoms with E-state index in [0.717, 1.165) is 11.6 Å². The molecule has 0 saturated heterocycles. The standard InChI is InChI=1S/C21H15F3O3/c22-21(23,24)27-20-11-6-16(13-25)12-19(20)17-7-9-18(10-8-17)26-14-15-4-2-1-3-5-15/h1-13H,14H2. The minimum Gasteiger partial charge on any atom is -0.489 e. The van der Waals surface area contributed by atoms with Gasteiger partial charge in [-0.1, -0.05) is 42.5 Å². The fourth-order valence-corrected chi connectivity index (χ4v) is 2.53.